The van der Waals surface area contributed by atoms with Crippen LogP contribution in [0.2, 0.25) is 0 Å². The number of nitrogens with zero attached hydrogens (tertiary/aromatic N) is 1. The van der Waals surface area contributed by atoms with Gasteiger partial charge in [0.15, 0.2) is 0 Å². The highest BCUT2D eigenvalue weighted by Gasteiger charge is 2.23. The Bertz CT molecular complexity index is 231. The zero-order valence-electron chi connectivity index (χ0n) is 11.5. The Hall–Kier alpha value is -0.610. The van der Waals surface area contributed by atoms with Gasteiger partial charge in [0.25, 0.3) is 0 Å². The van der Waals surface area contributed by atoms with Crippen LogP contribution < -0.4 is 10.6 Å². The van der Waals surface area contributed by atoms with Crippen LogP contribution in [0.1, 0.15) is 33.1 Å². The van der Waals surface area contributed by atoms with E-state index in [1.807, 2.05) is 0 Å². The second-order valence-electron chi connectivity index (χ2n) is 5.35. The number of hydrogen-bond acceptors (Lipinski definition) is 3. The summed E-state index contributed by atoms with van der Waals surface area (Å²) in [6, 6.07) is 0.528. The highest BCUT2D eigenvalue weighted by molar-refractivity contribution is 5.77. The van der Waals surface area contributed by atoms with E-state index in [4.69, 9.17) is 0 Å². The number of amides is 1. The number of carbonyl (C=O) groups excluding carboxylic acids is 1. The molecule has 0 spiro atoms. The zero-order chi connectivity index (χ0) is 12.7. The maximum absolute atomic E-state index is 11.4. The molecule has 1 atom stereocenters. The molecule has 1 aliphatic rings. The number of likely N-dealkylation sites (tertiary alicyclic amines) is 1. The average Bonchev–Trinajstić information content (AvgIpc) is 2.30. The lowest BCUT2D eigenvalue weighted by Gasteiger charge is -2.35. The minimum Gasteiger partial charge on any atom is -0.358 e. The fourth-order valence-corrected chi connectivity index (χ4v) is 2.30. The van der Waals surface area contributed by atoms with Gasteiger partial charge >= 0.3 is 0 Å². The molecule has 1 rings (SSSR count). The molecule has 4 nitrogen and oxygen atoms in total. The van der Waals surface area contributed by atoms with E-state index < -0.39 is 0 Å². The molecule has 0 aromatic heterocycles. The Morgan fingerprint density at radius 3 is 2.82 bits per heavy atom. The van der Waals surface area contributed by atoms with Gasteiger partial charge in [-0.05, 0) is 31.8 Å². The average molecular weight is 241 g/mol. The van der Waals surface area contributed by atoms with Crippen molar-refractivity contribution in [3.05, 3.63) is 0 Å². The fourth-order valence-electron chi connectivity index (χ4n) is 2.30. The van der Waals surface area contributed by atoms with Gasteiger partial charge in [-0.3, -0.25) is 9.69 Å². The van der Waals surface area contributed by atoms with E-state index in [1.54, 1.807) is 7.05 Å². The molecule has 1 fully saturated rings. The molecule has 4 heteroatoms. The maximum atomic E-state index is 11.4. The van der Waals surface area contributed by atoms with Crippen LogP contribution in [0.5, 0.6) is 0 Å². The third kappa shape index (κ3) is 5.50. The first-order chi connectivity index (χ1) is 8.13. The predicted octanol–water partition coefficient (Wildman–Crippen LogP) is 0.833. The smallest absolute Gasteiger partial charge is 0.233 e. The summed E-state index contributed by atoms with van der Waals surface area (Å²) in [6.07, 6.45) is 3.72. The lowest BCUT2D eigenvalue weighted by molar-refractivity contribution is -0.122. The van der Waals surface area contributed by atoms with E-state index >= 15 is 0 Å². The number of piperidine rings is 1. The van der Waals surface area contributed by atoms with Gasteiger partial charge in [0, 0.05) is 19.6 Å². The number of rotatable bonds is 6. The van der Waals surface area contributed by atoms with Gasteiger partial charge in [0.2, 0.25) is 5.91 Å². The van der Waals surface area contributed by atoms with Gasteiger partial charge in [-0.1, -0.05) is 20.3 Å². The molecule has 1 heterocycles. The highest BCUT2D eigenvalue weighted by atomic mass is 16.1. The monoisotopic (exact) mass is 241 g/mol. The first-order valence-electron chi connectivity index (χ1n) is 6.78. The van der Waals surface area contributed by atoms with Crippen LogP contribution in [0.15, 0.2) is 0 Å². The Balaban J connectivity index is 2.34. The molecule has 2 N–H and O–H groups in total. The first kappa shape index (κ1) is 14.5. The highest BCUT2D eigenvalue weighted by Crippen LogP contribution is 2.15. The summed E-state index contributed by atoms with van der Waals surface area (Å²) in [5, 5.41) is 6.21. The molecule has 1 unspecified atom stereocenters. The van der Waals surface area contributed by atoms with Crippen molar-refractivity contribution in [1.29, 1.82) is 0 Å². The molecule has 1 aliphatic heterocycles. The van der Waals surface area contributed by atoms with Crippen molar-refractivity contribution in [3.8, 4) is 0 Å². The molecule has 0 bridgehead atoms. The normalized spacial score (nSPS) is 21.8. The lowest BCUT2D eigenvalue weighted by Crippen LogP contribution is -2.49. The van der Waals surface area contributed by atoms with E-state index in [-0.39, 0.29) is 5.91 Å². The second-order valence-corrected chi connectivity index (χ2v) is 5.35. The van der Waals surface area contributed by atoms with E-state index in [0.717, 1.165) is 19.6 Å². The van der Waals surface area contributed by atoms with E-state index in [1.165, 1.54) is 19.3 Å². The van der Waals surface area contributed by atoms with E-state index in [9.17, 15) is 4.79 Å². The van der Waals surface area contributed by atoms with E-state index in [2.05, 4.69) is 29.4 Å². The van der Waals surface area contributed by atoms with Gasteiger partial charge in [-0.15, -0.1) is 0 Å². The van der Waals surface area contributed by atoms with Gasteiger partial charge in [0.05, 0.1) is 6.54 Å². The van der Waals surface area contributed by atoms with Gasteiger partial charge in [0.1, 0.15) is 0 Å². The Morgan fingerprint density at radius 2 is 2.18 bits per heavy atom. The van der Waals surface area contributed by atoms with Crippen molar-refractivity contribution in [2.24, 2.45) is 5.92 Å². The largest absolute Gasteiger partial charge is 0.358 e. The summed E-state index contributed by atoms with van der Waals surface area (Å²) >= 11 is 0. The number of likely N-dealkylation sites (N-methyl/N-ethyl adjacent to an activating group) is 1. The van der Waals surface area contributed by atoms with Crippen LogP contribution in [-0.4, -0.2) is 50.1 Å². The molecule has 0 aromatic rings. The Kier molecular flexibility index (Phi) is 6.52. The Labute approximate surface area is 105 Å². The van der Waals surface area contributed by atoms with Gasteiger partial charge in [-0.25, -0.2) is 0 Å². The quantitative estimate of drug-likeness (QED) is 0.724. The van der Waals surface area contributed by atoms with Crippen molar-refractivity contribution in [1.82, 2.24) is 15.5 Å². The molecule has 1 saturated heterocycles. The zero-order valence-corrected chi connectivity index (χ0v) is 11.5. The SMILES string of the molecule is CNC(=O)CN1CCCCC1CNCC(C)C. The molecule has 100 valence electrons. The minimum absolute atomic E-state index is 0.126. The molecular formula is C13H27N3O. The molecule has 1 amide bonds. The van der Waals surface area contributed by atoms with Crippen molar-refractivity contribution in [3.63, 3.8) is 0 Å². The van der Waals surface area contributed by atoms with E-state index in [0.29, 0.717) is 18.5 Å². The first-order valence-corrected chi connectivity index (χ1v) is 6.78. The van der Waals surface area contributed by atoms with Crippen LogP contribution in [-0.2, 0) is 4.79 Å². The summed E-state index contributed by atoms with van der Waals surface area (Å²) in [7, 11) is 1.71. The van der Waals surface area contributed by atoms with Crippen molar-refractivity contribution in [2.75, 3.05) is 33.2 Å². The summed E-state index contributed by atoms with van der Waals surface area (Å²) in [5.74, 6) is 0.812. The molecule has 0 aromatic carbocycles. The minimum atomic E-state index is 0.126. The topological polar surface area (TPSA) is 44.4 Å². The molecule has 0 radical (unpaired) electrons. The standard InChI is InChI=1S/C13H27N3O/c1-11(2)8-15-9-12-6-4-5-7-16(12)10-13(17)14-3/h11-12,15H,4-10H2,1-3H3,(H,14,17). The van der Waals surface area contributed by atoms with Crippen LogP contribution >= 0.6 is 0 Å². The van der Waals surface area contributed by atoms with Crippen molar-refractivity contribution >= 4 is 5.91 Å². The number of nitrogens with one attached hydrogen (secondary N) is 2. The predicted molar refractivity (Wildman–Crippen MR) is 71.0 cm³/mol. The van der Waals surface area contributed by atoms with Crippen molar-refractivity contribution in [2.45, 2.75) is 39.2 Å². The number of hydrogen-bond donors (Lipinski definition) is 2. The number of carbonyl (C=O) groups is 1. The molecule has 0 saturated carbocycles. The van der Waals surface area contributed by atoms with Crippen LogP contribution in [0.4, 0.5) is 0 Å². The summed E-state index contributed by atoms with van der Waals surface area (Å²) in [4.78, 5) is 13.7. The molecule has 0 aliphatic carbocycles. The molecular weight excluding hydrogens is 214 g/mol. The summed E-state index contributed by atoms with van der Waals surface area (Å²) in [6.45, 7) is 8.11. The summed E-state index contributed by atoms with van der Waals surface area (Å²) < 4.78 is 0. The van der Waals surface area contributed by atoms with Gasteiger partial charge in [-0.2, -0.15) is 0 Å². The van der Waals surface area contributed by atoms with Crippen molar-refractivity contribution < 1.29 is 4.79 Å². The third-order valence-corrected chi connectivity index (χ3v) is 3.31. The van der Waals surface area contributed by atoms with Crippen LogP contribution in [0.3, 0.4) is 0 Å². The van der Waals surface area contributed by atoms with Crippen LogP contribution in [0, 0.1) is 5.92 Å². The fraction of sp³-hybridized carbons (Fsp3) is 0.923. The van der Waals surface area contributed by atoms with Gasteiger partial charge < -0.3 is 10.6 Å². The Morgan fingerprint density at radius 1 is 1.41 bits per heavy atom. The maximum Gasteiger partial charge on any atom is 0.233 e. The van der Waals surface area contributed by atoms with Crippen LogP contribution in [0.25, 0.3) is 0 Å². The lowest BCUT2D eigenvalue weighted by atomic mass is 10.0. The molecule has 17 heavy (non-hydrogen) atoms. The second kappa shape index (κ2) is 7.67. The third-order valence-electron chi connectivity index (χ3n) is 3.31. The summed E-state index contributed by atoms with van der Waals surface area (Å²) in [5.41, 5.74) is 0.